The third kappa shape index (κ3) is 2.94. The molecule has 1 aromatic carbocycles. The van der Waals surface area contributed by atoms with Crippen molar-refractivity contribution < 1.29 is 14.7 Å². The van der Waals surface area contributed by atoms with E-state index >= 15 is 0 Å². The Morgan fingerprint density at radius 2 is 2.19 bits per heavy atom. The number of hydrogen-bond donors (Lipinski definition) is 3. The molecule has 1 fully saturated rings. The van der Waals surface area contributed by atoms with Gasteiger partial charge in [-0.1, -0.05) is 23.4 Å². The fraction of sp³-hybridized carbons (Fsp3) is 0.467. The van der Waals surface area contributed by atoms with Gasteiger partial charge in [-0.15, -0.1) is 0 Å². The van der Waals surface area contributed by atoms with E-state index in [2.05, 4.69) is 10.5 Å². The van der Waals surface area contributed by atoms with Gasteiger partial charge in [0.15, 0.2) is 5.84 Å². The molecule has 21 heavy (non-hydrogen) atoms. The zero-order valence-corrected chi connectivity index (χ0v) is 11.7. The fourth-order valence-electron chi connectivity index (χ4n) is 2.69. The van der Waals surface area contributed by atoms with Gasteiger partial charge < -0.3 is 21.0 Å². The van der Waals surface area contributed by atoms with Gasteiger partial charge in [-0.05, 0) is 36.8 Å². The molecule has 112 valence electrons. The van der Waals surface area contributed by atoms with Crippen molar-refractivity contribution in [2.45, 2.75) is 25.3 Å². The van der Waals surface area contributed by atoms with Gasteiger partial charge in [0.05, 0.1) is 12.0 Å². The number of hydrogen-bond acceptors (Lipinski definition) is 4. The number of oxime groups is 1. The number of amidine groups is 1. The summed E-state index contributed by atoms with van der Waals surface area (Å²) in [5, 5.41) is 14.8. The van der Waals surface area contributed by atoms with Gasteiger partial charge in [0.2, 0.25) is 5.91 Å². The Morgan fingerprint density at radius 1 is 1.43 bits per heavy atom. The number of carbonyl (C=O) groups excluding carboxylic acids is 1. The third-order valence-corrected chi connectivity index (χ3v) is 4.08. The minimum absolute atomic E-state index is 0.0722. The SMILES string of the molecule is NC(=NO)C(NC(=O)C1COc2ccccc2C1)C1CC1. The van der Waals surface area contributed by atoms with E-state index in [0.29, 0.717) is 13.0 Å². The molecule has 1 saturated carbocycles. The highest BCUT2D eigenvalue weighted by atomic mass is 16.5. The van der Waals surface area contributed by atoms with Crippen molar-refractivity contribution in [3.63, 3.8) is 0 Å². The first-order valence-electron chi connectivity index (χ1n) is 7.17. The van der Waals surface area contributed by atoms with Crippen LogP contribution in [-0.2, 0) is 11.2 Å². The molecule has 0 saturated heterocycles. The van der Waals surface area contributed by atoms with Crippen molar-refractivity contribution in [3.05, 3.63) is 29.8 Å². The summed E-state index contributed by atoms with van der Waals surface area (Å²) in [4.78, 5) is 12.4. The quantitative estimate of drug-likeness (QED) is 0.332. The molecular formula is C15H19N3O3. The lowest BCUT2D eigenvalue weighted by Crippen LogP contribution is -2.49. The summed E-state index contributed by atoms with van der Waals surface area (Å²) in [5.74, 6) is 0.849. The molecule has 6 heteroatoms. The summed E-state index contributed by atoms with van der Waals surface area (Å²) < 4.78 is 5.63. The standard InChI is InChI=1S/C15H19N3O3/c16-14(18-20)13(9-5-6-9)17-15(19)11-7-10-3-1-2-4-12(10)21-8-11/h1-4,9,11,13,20H,5-8H2,(H2,16,18)(H,17,19). The molecular weight excluding hydrogens is 270 g/mol. The topological polar surface area (TPSA) is 96.9 Å². The van der Waals surface area contributed by atoms with E-state index < -0.39 is 0 Å². The number of ether oxygens (including phenoxy) is 1. The highest BCUT2D eigenvalue weighted by Gasteiger charge is 2.37. The van der Waals surface area contributed by atoms with E-state index in [1.54, 1.807) is 0 Å². The Kier molecular flexibility index (Phi) is 3.68. The number of nitrogens with one attached hydrogen (secondary N) is 1. The van der Waals surface area contributed by atoms with E-state index in [9.17, 15) is 4.79 Å². The van der Waals surface area contributed by atoms with Crippen LogP contribution in [0, 0.1) is 11.8 Å². The molecule has 0 bridgehead atoms. The lowest BCUT2D eigenvalue weighted by atomic mass is 9.95. The number of fused-ring (bicyclic) bond motifs is 1. The Labute approximate surface area is 123 Å². The molecule has 2 atom stereocenters. The van der Waals surface area contributed by atoms with E-state index in [0.717, 1.165) is 24.2 Å². The van der Waals surface area contributed by atoms with Gasteiger partial charge in [-0.3, -0.25) is 4.79 Å². The van der Waals surface area contributed by atoms with Crippen LogP contribution in [0.25, 0.3) is 0 Å². The van der Waals surface area contributed by atoms with Gasteiger partial charge >= 0.3 is 0 Å². The normalized spacial score (nSPS) is 22.9. The number of nitrogens with zero attached hydrogens (tertiary/aromatic N) is 1. The number of amides is 1. The molecule has 1 aliphatic heterocycles. The first-order valence-corrected chi connectivity index (χ1v) is 7.17. The predicted octanol–water partition coefficient (Wildman–Crippen LogP) is 0.879. The molecule has 1 amide bonds. The first kappa shape index (κ1) is 13.7. The van der Waals surface area contributed by atoms with Crippen molar-refractivity contribution in [2.75, 3.05) is 6.61 Å². The zero-order chi connectivity index (χ0) is 14.8. The second-order valence-corrected chi connectivity index (χ2v) is 5.67. The van der Waals surface area contributed by atoms with Gasteiger partial charge in [0.25, 0.3) is 0 Å². The van der Waals surface area contributed by atoms with E-state index in [4.69, 9.17) is 15.7 Å². The molecule has 1 aliphatic carbocycles. The maximum Gasteiger partial charge on any atom is 0.227 e. The number of carbonyl (C=O) groups is 1. The Bertz CT molecular complexity index is 569. The average molecular weight is 289 g/mol. The third-order valence-electron chi connectivity index (χ3n) is 4.08. The van der Waals surface area contributed by atoms with Crippen molar-refractivity contribution in [1.29, 1.82) is 0 Å². The van der Waals surface area contributed by atoms with Crippen LogP contribution in [0.15, 0.2) is 29.4 Å². The number of rotatable bonds is 4. The second-order valence-electron chi connectivity index (χ2n) is 5.67. The van der Waals surface area contributed by atoms with Crippen LogP contribution < -0.4 is 15.8 Å². The zero-order valence-electron chi connectivity index (χ0n) is 11.7. The number of para-hydroxylation sites is 1. The Morgan fingerprint density at radius 3 is 2.90 bits per heavy atom. The van der Waals surface area contributed by atoms with Crippen LogP contribution in [0.1, 0.15) is 18.4 Å². The lowest BCUT2D eigenvalue weighted by Gasteiger charge is -2.26. The van der Waals surface area contributed by atoms with Crippen LogP contribution in [0.4, 0.5) is 0 Å². The number of benzene rings is 1. The van der Waals surface area contributed by atoms with E-state index in [1.165, 1.54) is 0 Å². The van der Waals surface area contributed by atoms with Crippen LogP contribution in [0.5, 0.6) is 5.75 Å². The summed E-state index contributed by atoms with van der Waals surface area (Å²) >= 11 is 0. The molecule has 2 unspecified atom stereocenters. The van der Waals surface area contributed by atoms with Crippen LogP contribution in [-0.4, -0.2) is 29.6 Å². The highest BCUT2D eigenvalue weighted by Crippen LogP contribution is 2.33. The first-order chi connectivity index (χ1) is 10.2. The molecule has 1 heterocycles. The summed E-state index contributed by atoms with van der Waals surface area (Å²) in [6.45, 7) is 0.358. The van der Waals surface area contributed by atoms with Gasteiger partial charge in [0.1, 0.15) is 12.4 Å². The minimum atomic E-state index is -0.375. The van der Waals surface area contributed by atoms with Crippen LogP contribution >= 0.6 is 0 Å². The maximum atomic E-state index is 12.4. The fourth-order valence-corrected chi connectivity index (χ4v) is 2.69. The van der Waals surface area contributed by atoms with Crippen molar-refractivity contribution in [2.24, 2.45) is 22.7 Å². The van der Waals surface area contributed by atoms with Gasteiger partial charge in [-0.25, -0.2) is 0 Å². The van der Waals surface area contributed by atoms with E-state index in [-0.39, 0.29) is 29.6 Å². The average Bonchev–Trinajstić information content (AvgIpc) is 3.35. The predicted molar refractivity (Wildman–Crippen MR) is 77.2 cm³/mol. The molecule has 0 aromatic heterocycles. The van der Waals surface area contributed by atoms with Gasteiger partial charge in [-0.2, -0.15) is 0 Å². The van der Waals surface area contributed by atoms with Crippen LogP contribution in [0.3, 0.4) is 0 Å². The molecule has 0 spiro atoms. The maximum absolute atomic E-state index is 12.4. The molecule has 3 rings (SSSR count). The minimum Gasteiger partial charge on any atom is -0.492 e. The lowest BCUT2D eigenvalue weighted by molar-refractivity contribution is -0.126. The summed E-state index contributed by atoms with van der Waals surface area (Å²) in [5.41, 5.74) is 6.70. The monoisotopic (exact) mass is 289 g/mol. The highest BCUT2D eigenvalue weighted by molar-refractivity contribution is 5.91. The molecule has 6 nitrogen and oxygen atoms in total. The largest absolute Gasteiger partial charge is 0.492 e. The van der Waals surface area contributed by atoms with Crippen molar-refractivity contribution >= 4 is 11.7 Å². The van der Waals surface area contributed by atoms with Gasteiger partial charge in [0, 0.05) is 0 Å². The molecule has 0 radical (unpaired) electrons. The Hall–Kier alpha value is -2.24. The molecule has 2 aliphatic rings. The summed E-state index contributed by atoms with van der Waals surface area (Å²) in [7, 11) is 0. The van der Waals surface area contributed by atoms with E-state index in [1.807, 2.05) is 24.3 Å². The molecule has 1 aromatic rings. The summed E-state index contributed by atoms with van der Waals surface area (Å²) in [6.07, 6.45) is 2.63. The Balaban J connectivity index is 1.66. The smallest absolute Gasteiger partial charge is 0.227 e. The summed E-state index contributed by atoms with van der Waals surface area (Å²) in [6, 6.07) is 7.36. The molecule has 4 N–H and O–H groups in total. The van der Waals surface area contributed by atoms with Crippen molar-refractivity contribution in [3.8, 4) is 5.75 Å². The van der Waals surface area contributed by atoms with Crippen molar-refractivity contribution in [1.82, 2.24) is 5.32 Å². The second kappa shape index (κ2) is 5.63. The van der Waals surface area contributed by atoms with Crippen LogP contribution in [0.2, 0.25) is 0 Å². The number of nitrogens with two attached hydrogens (primary N) is 1.